The van der Waals surface area contributed by atoms with Gasteiger partial charge in [-0.25, -0.2) is 0 Å². The van der Waals surface area contributed by atoms with Crippen molar-refractivity contribution in [1.82, 2.24) is 0 Å². The molecule has 2 N–H and O–H groups in total. The number of nitriles is 1. The van der Waals surface area contributed by atoms with Gasteiger partial charge in [-0.05, 0) is 25.0 Å². The number of carbonyl (C=O) groups is 1. The Labute approximate surface area is 107 Å². The number of anilines is 1. The van der Waals surface area contributed by atoms with E-state index in [4.69, 9.17) is 5.26 Å². The molecule has 0 radical (unpaired) electrons. The molecule has 0 aliphatic heterocycles. The lowest BCUT2D eigenvalue weighted by Gasteiger charge is -2.27. The summed E-state index contributed by atoms with van der Waals surface area (Å²) < 4.78 is 0. The summed E-state index contributed by atoms with van der Waals surface area (Å²) in [6.07, 6.45) is 1.11. The van der Waals surface area contributed by atoms with Crippen molar-refractivity contribution in [3.8, 4) is 6.07 Å². The molecular formula is C14H18N2O2. The van der Waals surface area contributed by atoms with Crippen molar-refractivity contribution in [3.63, 3.8) is 0 Å². The summed E-state index contributed by atoms with van der Waals surface area (Å²) >= 11 is 0. The van der Waals surface area contributed by atoms with Crippen molar-refractivity contribution in [2.75, 3.05) is 11.9 Å². The van der Waals surface area contributed by atoms with Crippen molar-refractivity contribution in [1.29, 1.82) is 5.26 Å². The minimum Gasteiger partial charge on any atom is -0.481 e. The van der Waals surface area contributed by atoms with Crippen molar-refractivity contribution in [3.05, 3.63) is 29.8 Å². The number of para-hydroxylation sites is 1. The van der Waals surface area contributed by atoms with Crippen LogP contribution < -0.4 is 5.32 Å². The topological polar surface area (TPSA) is 73.1 Å². The Balaban J connectivity index is 2.86. The molecule has 0 unspecified atom stereocenters. The predicted molar refractivity (Wildman–Crippen MR) is 70.3 cm³/mol. The van der Waals surface area contributed by atoms with Gasteiger partial charge in [0, 0.05) is 6.54 Å². The molecule has 18 heavy (non-hydrogen) atoms. The molecule has 4 heteroatoms. The molecule has 1 aromatic carbocycles. The Bertz CT molecular complexity index is 459. The summed E-state index contributed by atoms with van der Waals surface area (Å²) in [5.74, 6) is -0.797. The number of carboxylic acids is 1. The maximum absolute atomic E-state index is 11.4. The third-order valence-corrected chi connectivity index (χ3v) is 3.47. The monoisotopic (exact) mass is 246 g/mol. The zero-order chi connectivity index (χ0) is 13.6. The van der Waals surface area contributed by atoms with Crippen LogP contribution in [0.1, 0.15) is 32.3 Å². The van der Waals surface area contributed by atoms with E-state index in [0.717, 1.165) is 0 Å². The Morgan fingerprint density at radius 2 is 2.00 bits per heavy atom. The lowest BCUT2D eigenvalue weighted by molar-refractivity contribution is -0.148. The second kappa shape index (κ2) is 6.06. The van der Waals surface area contributed by atoms with Crippen LogP contribution in [0.5, 0.6) is 0 Å². The van der Waals surface area contributed by atoms with Gasteiger partial charge in [0.1, 0.15) is 6.07 Å². The average Bonchev–Trinajstić information content (AvgIpc) is 2.40. The molecule has 4 nitrogen and oxygen atoms in total. The number of nitrogens with one attached hydrogen (secondary N) is 1. The van der Waals surface area contributed by atoms with E-state index in [1.165, 1.54) is 0 Å². The fourth-order valence-corrected chi connectivity index (χ4v) is 1.88. The fraction of sp³-hybridized carbons (Fsp3) is 0.429. The molecule has 0 atom stereocenters. The number of rotatable bonds is 6. The van der Waals surface area contributed by atoms with Crippen molar-refractivity contribution in [2.45, 2.75) is 26.7 Å². The first-order valence-electron chi connectivity index (χ1n) is 6.06. The molecule has 0 aliphatic carbocycles. The van der Waals surface area contributed by atoms with Gasteiger partial charge in [0.25, 0.3) is 0 Å². The molecule has 0 amide bonds. The normalized spacial score (nSPS) is 10.7. The van der Waals surface area contributed by atoms with E-state index in [9.17, 15) is 9.90 Å². The molecule has 1 aromatic rings. The van der Waals surface area contributed by atoms with Gasteiger partial charge in [0.15, 0.2) is 0 Å². The first kappa shape index (κ1) is 14.0. The van der Waals surface area contributed by atoms with Crippen LogP contribution in [0.15, 0.2) is 24.3 Å². The van der Waals surface area contributed by atoms with Gasteiger partial charge in [0.05, 0.1) is 16.7 Å². The third-order valence-electron chi connectivity index (χ3n) is 3.47. The van der Waals surface area contributed by atoms with Crippen molar-refractivity contribution < 1.29 is 9.90 Å². The van der Waals surface area contributed by atoms with Crippen molar-refractivity contribution >= 4 is 11.7 Å². The number of benzene rings is 1. The number of aliphatic carboxylic acids is 1. The number of hydrogen-bond donors (Lipinski definition) is 2. The molecule has 1 rings (SSSR count). The van der Waals surface area contributed by atoms with E-state index < -0.39 is 11.4 Å². The summed E-state index contributed by atoms with van der Waals surface area (Å²) in [5.41, 5.74) is 0.444. The molecule has 0 aromatic heterocycles. The van der Waals surface area contributed by atoms with E-state index in [1.54, 1.807) is 18.2 Å². The van der Waals surface area contributed by atoms with Crippen LogP contribution in [-0.2, 0) is 4.79 Å². The van der Waals surface area contributed by atoms with E-state index in [2.05, 4.69) is 11.4 Å². The zero-order valence-electron chi connectivity index (χ0n) is 10.7. The third kappa shape index (κ3) is 2.80. The highest BCUT2D eigenvalue weighted by molar-refractivity contribution is 5.75. The zero-order valence-corrected chi connectivity index (χ0v) is 10.7. The van der Waals surface area contributed by atoms with Gasteiger partial charge in [-0.3, -0.25) is 4.79 Å². The average molecular weight is 246 g/mol. The van der Waals surface area contributed by atoms with Crippen LogP contribution in [-0.4, -0.2) is 17.6 Å². The highest BCUT2D eigenvalue weighted by Gasteiger charge is 2.34. The second-order valence-corrected chi connectivity index (χ2v) is 4.30. The van der Waals surface area contributed by atoms with Gasteiger partial charge in [0.2, 0.25) is 0 Å². The van der Waals surface area contributed by atoms with Crippen LogP contribution >= 0.6 is 0 Å². The minimum absolute atomic E-state index is 0.327. The highest BCUT2D eigenvalue weighted by atomic mass is 16.4. The first-order chi connectivity index (χ1) is 8.59. The number of carboxylic acid groups (broad SMARTS) is 1. The summed E-state index contributed by atoms with van der Waals surface area (Å²) in [4.78, 5) is 11.4. The van der Waals surface area contributed by atoms with E-state index >= 15 is 0 Å². The quantitative estimate of drug-likeness (QED) is 0.809. The number of hydrogen-bond acceptors (Lipinski definition) is 3. The first-order valence-corrected chi connectivity index (χ1v) is 6.06. The fourth-order valence-electron chi connectivity index (χ4n) is 1.88. The molecule has 96 valence electrons. The van der Waals surface area contributed by atoms with E-state index in [-0.39, 0.29) is 0 Å². The summed E-state index contributed by atoms with van der Waals surface area (Å²) in [6.45, 7) is 4.07. The molecule has 0 saturated carbocycles. The van der Waals surface area contributed by atoms with Crippen LogP contribution in [0.2, 0.25) is 0 Å². The van der Waals surface area contributed by atoms with Crippen molar-refractivity contribution in [2.24, 2.45) is 5.41 Å². The van der Waals surface area contributed by atoms with E-state index in [1.807, 2.05) is 19.9 Å². The summed E-state index contributed by atoms with van der Waals surface area (Å²) in [5, 5.41) is 21.4. The lowest BCUT2D eigenvalue weighted by atomic mass is 9.82. The van der Waals surface area contributed by atoms with Crippen LogP contribution in [0, 0.1) is 16.7 Å². The molecule has 0 saturated heterocycles. The smallest absolute Gasteiger partial charge is 0.311 e. The summed E-state index contributed by atoms with van der Waals surface area (Å²) in [6, 6.07) is 9.19. The molecule has 0 heterocycles. The SMILES string of the molecule is CCC(CC)(CNc1ccccc1C#N)C(=O)O. The number of nitrogens with zero attached hydrogens (tertiary/aromatic N) is 1. The molecular weight excluding hydrogens is 228 g/mol. The van der Waals surface area contributed by atoms with Gasteiger partial charge < -0.3 is 10.4 Å². The minimum atomic E-state index is -0.797. The van der Waals surface area contributed by atoms with Crippen LogP contribution in [0.25, 0.3) is 0 Å². The van der Waals surface area contributed by atoms with Gasteiger partial charge in [-0.2, -0.15) is 5.26 Å². The Morgan fingerprint density at radius 1 is 1.39 bits per heavy atom. The maximum Gasteiger partial charge on any atom is 0.311 e. The molecule has 0 aliphatic rings. The molecule has 0 spiro atoms. The van der Waals surface area contributed by atoms with Crippen LogP contribution in [0.4, 0.5) is 5.69 Å². The largest absolute Gasteiger partial charge is 0.481 e. The Kier molecular flexibility index (Phi) is 4.73. The van der Waals surface area contributed by atoms with Gasteiger partial charge in [-0.15, -0.1) is 0 Å². The second-order valence-electron chi connectivity index (χ2n) is 4.30. The predicted octanol–water partition coefficient (Wildman–Crippen LogP) is 2.86. The summed E-state index contributed by atoms with van der Waals surface area (Å²) in [7, 11) is 0. The van der Waals surface area contributed by atoms with Crippen LogP contribution in [0.3, 0.4) is 0 Å². The Hall–Kier alpha value is -2.02. The van der Waals surface area contributed by atoms with Gasteiger partial charge in [-0.1, -0.05) is 26.0 Å². The molecule has 0 fully saturated rings. The highest BCUT2D eigenvalue weighted by Crippen LogP contribution is 2.27. The van der Waals surface area contributed by atoms with Gasteiger partial charge >= 0.3 is 5.97 Å². The lowest BCUT2D eigenvalue weighted by Crippen LogP contribution is -2.37. The van der Waals surface area contributed by atoms with E-state index in [0.29, 0.717) is 30.6 Å². The standard InChI is InChI=1S/C14H18N2O2/c1-3-14(4-2,13(17)18)10-16-12-8-6-5-7-11(12)9-15/h5-8,16H,3-4,10H2,1-2H3,(H,17,18). The maximum atomic E-state index is 11.4. The Morgan fingerprint density at radius 3 is 2.50 bits per heavy atom. The molecule has 0 bridgehead atoms.